The molecular weight excluding hydrogens is 320 g/mol. The summed E-state index contributed by atoms with van der Waals surface area (Å²) in [4.78, 5) is 2.21. The summed E-state index contributed by atoms with van der Waals surface area (Å²) < 4.78 is 12.9. The van der Waals surface area contributed by atoms with Crippen molar-refractivity contribution in [3.63, 3.8) is 0 Å². The van der Waals surface area contributed by atoms with E-state index in [1.54, 1.807) is 14.2 Å². The molecule has 1 aromatic heterocycles. The van der Waals surface area contributed by atoms with E-state index in [2.05, 4.69) is 19.7 Å². The fourth-order valence-corrected chi connectivity index (χ4v) is 3.47. The molecule has 0 saturated heterocycles. The molecule has 25 heavy (non-hydrogen) atoms. The quantitative estimate of drug-likeness (QED) is 0.860. The highest BCUT2D eigenvalue weighted by molar-refractivity contribution is 5.41. The lowest BCUT2D eigenvalue weighted by Crippen LogP contribution is -2.37. The normalized spacial score (nSPS) is 18.7. The van der Waals surface area contributed by atoms with Crippen LogP contribution >= 0.6 is 0 Å². The minimum Gasteiger partial charge on any atom is -0.497 e. The van der Waals surface area contributed by atoms with Gasteiger partial charge in [-0.3, -0.25) is 4.90 Å². The number of aliphatic hydroxyl groups is 1. The Bertz CT molecular complexity index is 757. The largest absolute Gasteiger partial charge is 0.497 e. The molecule has 1 N–H and O–H groups in total. The van der Waals surface area contributed by atoms with Gasteiger partial charge in [-0.15, -0.1) is 10.2 Å². The molecule has 7 nitrogen and oxygen atoms in total. The van der Waals surface area contributed by atoms with Gasteiger partial charge in [0.15, 0.2) is 0 Å². The van der Waals surface area contributed by atoms with Gasteiger partial charge in [0.05, 0.1) is 26.9 Å². The molecule has 2 aliphatic rings. The van der Waals surface area contributed by atoms with E-state index < -0.39 is 6.10 Å². The number of nitrogens with zero attached hydrogens (tertiary/aromatic N) is 4. The summed E-state index contributed by atoms with van der Waals surface area (Å²) in [6, 6.07) is 5.49. The molecule has 2 aromatic rings. The molecule has 0 amide bonds. The van der Waals surface area contributed by atoms with Gasteiger partial charge in [0, 0.05) is 31.1 Å². The van der Waals surface area contributed by atoms with Crippen molar-refractivity contribution in [3.8, 4) is 11.5 Å². The topological polar surface area (TPSA) is 72.6 Å². The SMILES string of the molecule is COc1ccc(OC)c(C(O)CN2CCn3c(nnc3C3CC3)C2)c1. The van der Waals surface area contributed by atoms with Crippen molar-refractivity contribution < 1.29 is 14.6 Å². The van der Waals surface area contributed by atoms with Crippen LogP contribution in [-0.4, -0.2) is 52.1 Å². The molecule has 1 fully saturated rings. The molecule has 1 aliphatic carbocycles. The van der Waals surface area contributed by atoms with Crippen LogP contribution in [0.4, 0.5) is 0 Å². The molecule has 134 valence electrons. The predicted octanol–water partition coefficient (Wildman–Crippen LogP) is 1.72. The molecule has 4 rings (SSSR count). The average molecular weight is 344 g/mol. The molecule has 1 atom stereocenters. The van der Waals surface area contributed by atoms with Crippen molar-refractivity contribution in [2.24, 2.45) is 0 Å². The molecule has 1 aromatic carbocycles. The molecule has 7 heteroatoms. The first kappa shape index (κ1) is 16.4. The summed E-state index contributed by atoms with van der Waals surface area (Å²) in [5.41, 5.74) is 0.743. The number of ether oxygens (including phenoxy) is 2. The third-order valence-corrected chi connectivity index (χ3v) is 5.03. The standard InChI is InChI=1S/C18H24N4O3/c1-24-13-5-6-16(25-2)14(9-13)15(23)10-21-7-8-22-17(11-21)19-20-18(22)12-3-4-12/h5-6,9,12,15,23H,3-4,7-8,10-11H2,1-2H3. The van der Waals surface area contributed by atoms with Crippen LogP contribution in [0.2, 0.25) is 0 Å². The molecule has 0 spiro atoms. The van der Waals surface area contributed by atoms with Gasteiger partial charge in [-0.2, -0.15) is 0 Å². The second kappa shape index (κ2) is 6.65. The van der Waals surface area contributed by atoms with E-state index >= 15 is 0 Å². The number of benzene rings is 1. The van der Waals surface area contributed by atoms with Gasteiger partial charge in [0.25, 0.3) is 0 Å². The van der Waals surface area contributed by atoms with Crippen molar-refractivity contribution in [2.45, 2.75) is 38.0 Å². The Kier molecular flexibility index (Phi) is 4.35. The minimum atomic E-state index is -0.651. The first-order valence-corrected chi connectivity index (χ1v) is 8.74. The van der Waals surface area contributed by atoms with Crippen LogP contribution < -0.4 is 9.47 Å². The van der Waals surface area contributed by atoms with E-state index in [-0.39, 0.29) is 0 Å². The Balaban J connectivity index is 1.47. The van der Waals surface area contributed by atoms with Crippen molar-refractivity contribution in [3.05, 3.63) is 35.4 Å². The summed E-state index contributed by atoms with van der Waals surface area (Å²) in [6.07, 6.45) is 1.81. The summed E-state index contributed by atoms with van der Waals surface area (Å²) >= 11 is 0. The van der Waals surface area contributed by atoms with E-state index in [9.17, 15) is 5.11 Å². The lowest BCUT2D eigenvalue weighted by molar-refractivity contribution is 0.0938. The van der Waals surface area contributed by atoms with Crippen molar-refractivity contribution in [1.82, 2.24) is 19.7 Å². The van der Waals surface area contributed by atoms with Gasteiger partial charge in [0.2, 0.25) is 0 Å². The number of aromatic nitrogens is 3. The first-order chi connectivity index (χ1) is 12.2. The second-order valence-corrected chi connectivity index (χ2v) is 6.76. The van der Waals surface area contributed by atoms with E-state index in [0.717, 1.165) is 30.3 Å². The average Bonchev–Trinajstić information content (AvgIpc) is 3.40. The highest BCUT2D eigenvalue weighted by atomic mass is 16.5. The number of hydrogen-bond acceptors (Lipinski definition) is 6. The van der Waals surface area contributed by atoms with Gasteiger partial charge in [-0.05, 0) is 31.0 Å². The zero-order valence-corrected chi connectivity index (χ0v) is 14.7. The summed E-state index contributed by atoms with van der Waals surface area (Å²) in [6.45, 7) is 3.00. The van der Waals surface area contributed by atoms with Crippen LogP contribution in [0.25, 0.3) is 0 Å². The molecule has 1 unspecified atom stereocenters. The molecule has 1 aliphatic heterocycles. The minimum absolute atomic E-state index is 0.523. The maximum Gasteiger partial charge on any atom is 0.147 e. The Morgan fingerprint density at radius 1 is 1.20 bits per heavy atom. The Labute approximate surface area is 147 Å². The second-order valence-electron chi connectivity index (χ2n) is 6.76. The number of rotatable bonds is 6. The lowest BCUT2D eigenvalue weighted by Gasteiger charge is -2.30. The third-order valence-electron chi connectivity index (χ3n) is 5.03. The molecule has 2 heterocycles. The zero-order valence-electron chi connectivity index (χ0n) is 14.7. The van der Waals surface area contributed by atoms with Crippen LogP contribution in [0.3, 0.4) is 0 Å². The van der Waals surface area contributed by atoms with Crippen LogP contribution in [0.1, 0.15) is 42.1 Å². The molecule has 0 radical (unpaired) electrons. The maximum absolute atomic E-state index is 10.7. The van der Waals surface area contributed by atoms with Gasteiger partial charge in [-0.25, -0.2) is 0 Å². The lowest BCUT2D eigenvalue weighted by atomic mass is 10.1. The van der Waals surface area contributed by atoms with Crippen molar-refractivity contribution in [1.29, 1.82) is 0 Å². The fourth-order valence-electron chi connectivity index (χ4n) is 3.47. The molecule has 0 bridgehead atoms. The van der Waals surface area contributed by atoms with E-state index in [0.29, 0.717) is 30.5 Å². The fraction of sp³-hybridized carbons (Fsp3) is 0.556. The number of β-amino-alcohol motifs (C(OH)–C–C–N with tert-alkyl or cyclic N) is 1. The highest BCUT2D eigenvalue weighted by Gasteiger charge is 2.32. The number of methoxy groups -OCH3 is 2. The highest BCUT2D eigenvalue weighted by Crippen LogP contribution is 2.39. The number of aliphatic hydroxyl groups excluding tert-OH is 1. The smallest absolute Gasteiger partial charge is 0.147 e. The van der Waals surface area contributed by atoms with Gasteiger partial charge < -0.3 is 19.1 Å². The van der Waals surface area contributed by atoms with Crippen molar-refractivity contribution in [2.75, 3.05) is 27.3 Å². The van der Waals surface area contributed by atoms with E-state index in [4.69, 9.17) is 9.47 Å². The molecule has 1 saturated carbocycles. The van der Waals surface area contributed by atoms with Crippen LogP contribution in [-0.2, 0) is 13.1 Å². The van der Waals surface area contributed by atoms with Crippen LogP contribution in [0, 0.1) is 0 Å². The van der Waals surface area contributed by atoms with Gasteiger partial charge in [0.1, 0.15) is 23.1 Å². The van der Waals surface area contributed by atoms with Crippen LogP contribution in [0.5, 0.6) is 11.5 Å². The van der Waals surface area contributed by atoms with Gasteiger partial charge in [-0.1, -0.05) is 0 Å². The Hall–Kier alpha value is -2.12. The summed E-state index contributed by atoms with van der Waals surface area (Å²) in [5, 5.41) is 19.5. The monoisotopic (exact) mass is 344 g/mol. The summed E-state index contributed by atoms with van der Waals surface area (Å²) in [7, 11) is 3.23. The number of fused-ring (bicyclic) bond motifs is 1. The van der Waals surface area contributed by atoms with Crippen molar-refractivity contribution >= 4 is 0 Å². The Morgan fingerprint density at radius 3 is 2.76 bits per heavy atom. The zero-order chi connectivity index (χ0) is 17.4. The predicted molar refractivity (Wildman–Crippen MR) is 91.8 cm³/mol. The van der Waals surface area contributed by atoms with E-state index in [1.807, 2.05) is 18.2 Å². The maximum atomic E-state index is 10.7. The third kappa shape index (κ3) is 3.21. The van der Waals surface area contributed by atoms with Crippen LogP contribution in [0.15, 0.2) is 18.2 Å². The Morgan fingerprint density at radius 2 is 2.04 bits per heavy atom. The van der Waals surface area contributed by atoms with Gasteiger partial charge >= 0.3 is 0 Å². The van der Waals surface area contributed by atoms with E-state index in [1.165, 1.54) is 12.8 Å². The molecular formula is C18H24N4O3. The summed E-state index contributed by atoms with van der Waals surface area (Å²) in [5.74, 6) is 4.13. The number of hydrogen-bond donors (Lipinski definition) is 1. The first-order valence-electron chi connectivity index (χ1n) is 8.74.